The summed E-state index contributed by atoms with van der Waals surface area (Å²) in [7, 11) is 0. The van der Waals surface area contributed by atoms with Crippen molar-refractivity contribution in [3.63, 3.8) is 0 Å². The van der Waals surface area contributed by atoms with Gasteiger partial charge in [-0.2, -0.15) is 5.10 Å². The first-order valence-electron chi connectivity index (χ1n) is 6.87. The smallest absolute Gasteiger partial charge is 0.269 e. The van der Waals surface area contributed by atoms with Crippen LogP contribution in [0.1, 0.15) is 5.56 Å². The second-order valence-corrected chi connectivity index (χ2v) is 5.85. The molecular formula is C15H16BrN3O2. The van der Waals surface area contributed by atoms with Crippen LogP contribution in [0.15, 0.2) is 45.8 Å². The molecule has 0 N–H and O–H groups in total. The second-order valence-electron chi connectivity index (χ2n) is 4.94. The first-order chi connectivity index (χ1) is 10.2. The summed E-state index contributed by atoms with van der Waals surface area (Å²) in [5.74, 6) is 0. The molecule has 0 spiro atoms. The van der Waals surface area contributed by atoms with Gasteiger partial charge in [0.05, 0.1) is 31.6 Å². The molecule has 1 aromatic heterocycles. The Morgan fingerprint density at radius 2 is 1.90 bits per heavy atom. The minimum absolute atomic E-state index is 0.0816. The van der Waals surface area contributed by atoms with Gasteiger partial charge in [-0.1, -0.05) is 28.1 Å². The lowest BCUT2D eigenvalue weighted by Gasteiger charge is -2.28. The Balaban J connectivity index is 1.77. The number of aromatic nitrogens is 2. The normalized spacial score (nSPS) is 15.2. The van der Waals surface area contributed by atoms with E-state index in [1.54, 1.807) is 12.3 Å². The van der Waals surface area contributed by atoms with Gasteiger partial charge in [-0.25, -0.2) is 4.68 Å². The van der Waals surface area contributed by atoms with Crippen LogP contribution in [-0.4, -0.2) is 36.1 Å². The summed E-state index contributed by atoms with van der Waals surface area (Å²) in [5.41, 5.74) is 1.84. The molecule has 0 atom stereocenters. The Hall–Kier alpha value is -1.66. The average molecular weight is 350 g/mol. The average Bonchev–Trinajstić information content (AvgIpc) is 2.52. The molecule has 0 bridgehead atoms. The van der Waals surface area contributed by atoms with Crippen LogP contribution in [-0.2, 0) is 11.3 Å². The fourth-order valence-corrected chi connectivity index (χ4v) is 2.56. The Morgan fingerprint density at radius 1 is 1.19 bits per heavy atom. The summed E-state index contributed by atoms with van der Waals surface area (Å²) in [6.07, 6.45) is 1.76. The summed E-state index contributed by atoms with van der Waals surface area (Å²) in [6, 6.07) is 9.53. The van der Waals surface area contributed by atoms with E-state index in [4.69, 9.17) is 4.74 Å². The van der Waals surface area contributed by atoms with Crippen LogP contribution in [0.2, 0.25) is 0 Å². The van der Waals surface area contributed by atoms with E-state index in [2.05, 4.69) is 25.9 Å². The van der Waals surface area contributed by atoms with E-state index in [0.29, 0.717) is 19.8 Å². The van der Waals surface area contributed by atoms with Crippen LogP contribution in [0, 0.1) is 0 Å². The van der Waals surface area contributed by atoms with Gasteiger partial charge in [-0.3, -0.25) is 4.79 Å². The number of rotatable bonds is 3. The van der Waals surface area contributed by atoms with E-state index in [-0.39, 0.29) is 5.56 Å². The molecule has 2 aromatic rings. The van der Waals surface area contributed by atoms with Crippen LogP contribution < -0.4 is 10.5 Å². The topological polar surface area (TPSA) is 47.4 Å². The lowest BCUT2D eigenvalue weighted by Crippen LogP contribution is -2.37. The largest absolute Gasteiger partial charge is 0.378 e. The van der Waals surface area contributed by atoms with Crippen molar-refractivity contribution in [2.75, 3.05) is 31.2 Å². The van der Waals surface area contributed by atoms with Crippen molar-refractivity contribution in [3.8, 4) is 0 Å². The Morgan fingerprint density at radius 3 is 2.57 bits per heavy atom. The zero-order valence-corrected chi connectivity index (χ0v) is 13.1. The van der Waals surface area contributed by atoms with Crippen molar-refractivity contribution in [1.29, 1.82) is 0 Å². The number of benzene rings is 1. The van der Waals surface area contributed by atoms with Crippen molar-refractivity contribution in [2.24, 2.45) is 0 Å². The van der Waals surface area contributed by atoms with Gasteiger partial charge in [0.1, 0.15) is 0 Å². The van der Waals surface area contributed by atoms with Crippen molar-refractivity contribution in [3.05, 3.63) is 56.9 Å². The van der Waals surface area contributed by atoms with E-state index in [0.717, 1.165) is 28.8 Å². The Kier molecular flexibility index (Phi) is 4.36. The van der Waals surface area contributed by atoms with Gasteiger partial charge in [-0.05, 0) is 17.7 Å². The molecule has 1 aliphatic rings. The fourth-order valence-electron chi connectivity index (χ4n) is 2.30. The molecule has 0 amide bonds. The predicted octanol–water partition coefficient (Wildman–Crippen LogP) is 1.89. The maximum absolute atomic E-state index is 12.2. The summed E-state index contributed by atoms with van der Waals surface area (Å²) < 4.78 is 7.82. The van der Waals surface area contributed by atoms with Crippen molar-refractivity contribution < 1.29 is 4.74 Å². The van der Waals surface area contributed by atoms with Crippen LogP contribution in [0.25, 0.3) is 0 Å². The monoisotopic (exact) mass is 349 g/mol. The third kappa shape index (κ3) is 3.51. The van der Waals surface area contributed by atoms with E-state index in [1.165, 1.54) is 4.68 Å². The van der Waals surface area contributed by atoms with Gasteiger partial charge in [0.25, 0.3) is 5.56 Å². The van der Waals surface area contributed by atoms with Gasteiger partial charge in [0.2, 0.25) is 0 Å². The number of hydrogen-bond acceptors (Lipinski definition) is 4. The zero-order chi connectivity index (χ0) is 14.7. The van der Waals surface area contributed by atoms with Crippen LogP contribution in [0.3, 0.4) is 0 Å². The van der Waals surface area contributed by atoms with Crippen molar-refractivity contribution in [2.45, 2.75) is 6.54 Å². The van der Waals surface area contributed by atoms with E-state index >= 15 is 0 Å². The van der Waals surface area contributed by atoms with E-state index < -0.39 is 0 Å². The molecule has 110 valence electrons. The van der Waals surface area contributed by atoms with Gasteiger partial charge in [0, 0.05) is 23.6 Å². The highest BCUT2D eigenvalue weighted by molar-refractivity contribution is 9.10. The van der Waals surface area contributed by atoms with Crippen LogP contribution in [0.4, 0.5) is 5.69 Å². The number of morpholine rings is 1. The molecule has 1 saturated heterocycles. The van der Waals surface area contributed by atoms with Gasteiger partial charge >= 0.3 is 0 Å². The molecule has 5 nitrogen and oxygen atoms in total. The predicted molar refractivity (Wildman–Crippen MR) is 84.8 cm³/mol. The summed E-state index contributed by atoms with van der Waals surface area (Å²) in [4.78, 5) is 14.3. The highest BCUT2D eigenvalue weighted by Crippen LogP contribution is 2.13. The number of hydrogen-bond donors (Lipinski definition) is 0. The third-order valence-electron chi connectivity index (χ3n) is 3.48. The first-order valence-corrected chi connectivity index (χ1v) is 7.66. The molecule has 1 fully saturated rings. The minimum Gasteiger partial charge on any atom is -0.378 e. The van der Waals surface area contributed by atoms with E-state index in [9.17, 15) is 4.79 Å². The molecule has 3 rings (SSSR count). The molecule has 0 aliphatic carbocycles. The number of nitrogens with zero attached hydrogens (tertiary/aromatic N) is 3. The number of halogens is 1. The minimum atomic E-state index is -0.0816. The number of ether oxygens (including phenoxy) is 1. The molecule has 0 unspecified atom stereocenters. The third-order valence-corrected chi connectivity index (χ3v) is 4.01. The molecule has 1 aliphatic heterocycles. The highest BCUT2D eigenvalue weighted by atomic mass is 79.9. The maximum atomic E-state index is 12.2. The Labute approximate surface area is 131 Å². The number of anilines is 1. The van der Waals surface area contributed by atoms with E-state index in [1.807, 2.05) is 24.3 Å². The van der Waals surface area contributed by atoms with Gasteiger partial charge < -0.3 is 9.64 Å². The molecule has 1 aromatic carbocycles. The Bertz CT molecular complexity index is 663. The first kappa shape index (κ1) is 14.3. The summed E-state index contributed by atoms with van der Waals surface area (Å²) in [5, 5.41) is 4.28. The highest BCUT2D eigenvalue weighted by Gasteiger charge is 2.12. The summed E-state index contributed by atoms with van der Waals surface area (Å²) in [6.45, 7) is 3.48. The molecule has 21 heavy (non-hydrogen) atoms. The molecular weight excluding hydrogens is 334 g/mol. The maximum Gasteiger partial charge on any atom is 0.269 e. The SMILES string of the molecule is O=c1cc(N2CCOCC2)cnn1Cc1ccc(Br)cc1. The van der Waals surface area contributed by atoms with Crippen LogP contribution in [0.5, 0.6) is 0 Å². The quantitative estimate of drug-likeness (QED) is 0.848. The molecule has 0 saturated carbocycles. The van der Waals surface area contributed by atoms with Crippen molar-refractivity contribution >= 4 is 21.6 Å². The molecule has 6 heteroatoms. The van der Waals surface area contributed by atoms with Gasteiger partial charge in [-0.15, -0.1) is 0 Å². The second kappa shape index (κ2) is 6.41. The molecule has 0 radical (unpaired) electrons. The van der Waals surface area contributed by atoms with Gasteiger partial charge in [0.15, 0.2) is 0 Å². The lowest BCUT2D eigenvalue weighted by atomic mass is 10.2. The van der Waals surface area contributed by atoms with Crippen molar-refractivity contribution in [1.82, 2.24) is 9.78 Å². The van der Waals surface area contributed by atoms with Crippen LogP contribution >= 0.6 is 15.9 Å². The lowest BCUT2D eigenvalue weighted by molar-refractivity contribution is 0.122. The standard InChI is InChI=1S/C15H16BrN3O2/c16-13-3-1-12(2-4-13)11-19-15(20)9-14(10-17-19)18-5-7-21-8-6-18/h1-4,9-10H,5-8,11H2. The fraction of sp³-hybridized carbons (Fsp3) is 0.333. The summed E-state index contributed by atoms with van der Waals surface area (Å²) >= 11 is 3.40. The molecule has 2 heterocycles. The zero-order valence-electron chi connectivity index (χ0n) is 11.5.